The lowest BCUT2D eigenvalue weighted by Crippen LogP contribution is -2.03. The van der Waals surface area contributed by atoms with E-state index in [1.165, 1.54) is 0 Å². The fourth-order valence-corrected chi connectivity index (χ4v) is 2.14. The molecule has 1 rings (SSSR count). The average Bonchev–Trinajstić information content (AvgIpc) is 2.60. The molecule has 0 aromatic carbocycles. The maximum Gasteiger partial charge on any atom is 0.304 e. The fourth-order valence-electron chi connectivity index (χ4n) is 1.25. The first-order valence-corrected chi connectivity index (χ1v) is 6.07. The first-order valence-electron chi connectivity index (χ1n) is 4.91. The van der Waals surface area contributed by atoms with Gasteiger partial charge in [-0.1, -0.05) is 0 Å². The quantitative estimate of drug-likeness (QED) is 0.758. The van der Waals surface area contributed by atoms with Gasteiger partial charge in [-0.3, -0.25) is 4.79 Å². The van der Waals surface area contributed by atoms with Gasteiger partial charge in [-0.15, -0.1) is 0 Å². The Morgan fingerprint density at radius 3 is 3.00 bits per heavy atom. The van der Waals surface area contributed by atoms with Gasteiger partial charge < -0.3 is 9.67 Å². The second-order valence-electron chi connectivity index (χ2n) is 3.58. The Hall–Kier alpha value is -0.970. The lowest BCUT2D eigenvalue weighted by atomic mass is 10.4. The zero-order valence-corrected chi connectivity index (χ0v) is 9.83. The number of hydrogen-bond acceptors (Lipinski definition) is 3. The van der Waals surface area contributed by atoms with Crippen molar-refractivity contribution in [3.8, 4) is 0 Å². The molecule has 0 fully saturated rings. The molecule has 0 atom stereocenters. The van der Waals surface area contributed by atoms with Gasteiger partial charge in [-0.2, -0.15) is 11.8 Å². The number of hydrogen-bond donors (Lipinski definition) is 1. The predicted octanol–water partition coefficient (Wildman–Crippen LogP) is 2.17. The summed E-state index contributed by atoms with van der Waals surface area (Å²) < 4.78 is 2.10. The van der Waals surface area contributed by atoms with E-state index in [1.807, 2.05) is 12.5 Å². The first kappa shape index (κ1) is 12.1. The summed E-state index contributed by atoms with van der Waals surface area (Å²) in [7, 11) is 0. The maximum absolute atomic E-state index is 10.3. The van der Waals surface area contributed by atoms with Crippen LogP contribution in [0.25, 0.3) is 0 Å². The fraction of sp³-hybridized carbons (Fsp3) is 0.600. The molecule has 5 heteroatoms. The summed E-state index contributed by atoms with van der Waals surface area (Å²) in [6, 6.07) is 0.405. The van der Waals surface area contributed by atoms with Gasteiger partial charge in [0.15, 0.2) is 0 Å². The van der Waals surface area contributed by atoms with Crippen LogP contribution < -0.4 is 0 Å². The largest absolute Gasteiger partial charge is 0.481 e. The molecule has 0 spiro atoms. The third kappa shape index (κ3) is 3.95. The number of imidazole rings is 1. The second kappa shape index (κ2) is 5.80. The molecule has 0 aliphatic heterocycles. The molecule has 0 unspecified atom stereocenters. The highest BCUT2D eigenvalue weighted by atomic mass is 32.2. The Labute approximate surface area is 93.7 Å². The van der Waals surface area contributed by atoms with E-state index in [9.17, 15) is 4.79 Å². The van der Waals surface area contributed by atoms with Crippen LogP contribution in [-0.4, -0.2) is 26.4 Å². The zero-order chi connectivity index (χ0) is 11.3. The van der Waals surface area contributed by atoms with Crippen molar-refractivity contribution in [3.63, 3.8) is 0 Å². The van der Waals surface area contributed by atoms with Crippen molar-refractivity contribution >= 4 is 17.7 Å². The number of carboxylic acid groups (broad SMARTS) is 1. The lowest BCUT2D eigenvalue weighted by Gasteiger charge is -2.10. The molecule has 84 valence electrons. The summed E-state index contributed by atoms with van der Waals surface area (Å²) in [6.07, 6.45) is 3.88. The van der Waals surface area contributed by atoms with Crippen molar-refractivity contribution in [2.24, 2.45) is 0 Å². The van der Waals surface area contributed by atoms with Crippen LogP contribution in [0.5, 0.6) is 0 Å². The second-order valence-corrected chi connectivity index (χ2v) is 4.69. The Morgan fingerprint density at radius 2 is 2.40 bits per heavy atom. The number of carboxylic acids is 1. The van der Waals surface area contributed by atoms with E-state index in [-0.39, 0.29) is 6.42 Å². The Balaban J connectivity index is 2.37. The van der Waals surface area contributed by atoms with Crippen molar-refractivity contribution in [1.82, 2.24) is 9.55 Å². The third-order valence-corrected chi connectivity index (χ3v) is 3.01. The van der Waals surface area contributed by atoms with Gasteiger partial charge in [-0.25, -0.2) is 4.98 Å². The summed E-state index contributed by atoms with van der Waals surface area (Å²) in [6.45, 7) is 4.21. The highest BCUT2D eigenvalue weighted by molar-refractivity contribution is 7.98. The summed E-state index contributed by atoms with van der Waals surface area (Å²) in [5, 5.41) is 8.48. The molecule has 0 amide bonds. The molecule has 0 aliphatic carbocycles. The van der Waals surface area contributed by atoms with E-state index in [0.29, 0.717) is 11.8 Å². The molecular weight excluding hydrogens is 212 g/mol. The van der Waals surface area contributed by atoms with Crippen molar-refractivity contribution in [1.29, 1.82) is 0 Å². The average molecular weight is 228 g/mol. The maximum atomic E-state index is 10.3. The van der Waals surface area contributed by atoms with Gasteiger partial charge in [-0.05, 0) is 13.8 Å². The van der Waals surface area contributed by atoms with Crippen LogP contribution in [0.1, 0.15) is 32.0 Å². The minimum absolute atomic E-state index is 0.223. The number of thioether (sulfide) groups is 1. The zero-order valence-electron chi connectivity index (χ0n) is 9.01. The first-order chi connectivity index (χ1) is 7.11. The van der Waals surface area contributed by atoms with Crippen molar-refractivity contribution in [2.75, 3.05) is 5.75 Å². The van der Waals surface area contributed by atoms with E-state index >= 15 is 0 Å². The predicted molar refractivity (Wildman–Crippen MR) is 61.0 cm³/mol. The molecule has 0 aliphatic rings. The Kier molecular flexibility index (Phi) is 4.68. The van der Waals surface area contributed by atoms with Crippen molar-refractivity contribution in [3.05, 3.63) is 18.2 Å². The molecule has 15 heavy (non-hydrogen) atoms. The standard InChI is InChI=1S/C10H16N2O2S/c1-8(2)12-7-11-5-9(12)6-15-4-3-10(13)14/h5,7-8H,3-4,6H2,1-2H3,(H,13,14). The molecule has 0 saturated carbocycles. The van der Waals surface area contributed by atoms with Crippen LogP contribution in [0.3, 0.4) is 0 Å². The number of carbonyl (C=O) groups is 1. The van der Waals surface area contributed by atoms with Crippen LogP contribution in [0.2, 0.25) is 0 Å². The number of aromatic nitrogens is 2. The lowest BCUT2D eigenvalue weighted by molar-refractivity contribution is -0.136. The van der Waals surface area contributed by atoms with Crippen LogP contribution in [0.4, 0.5) is 0 Å². The number of rotatable bonds is 6. The minimum Gasteiger partial charge on any atom is -0.481 e. The van der Waals surface area contributed by atoms with E-state index in [0.717, 1.165) is 11.4 Å². The SMILES string of the molecule is CC(C)n1cncc1CSCCC(=O)O. The molecule has 0 radical (unpaired) electrons. The molecular formula is C10H16N2O2S. The van der Waals surface area contributed by atoms with Crippen molar-refractivity contribution in [2.45, 2.75) is 32.1 Å². The highest BCUT2D eigenvalue weighted by Crippen LogP contribution is 2.16. The molecule has 1 aromatic rings. The van der Waals surface area contributed by atoms with Crippen LogP contribution in [-0.2, 0) is 10.5 Å². The monoisotopic (exact) mass is 228 g/mol. The van der Waals surface area contributed by atoms with E-state index in [4.69, 9.17) is 5.11 Å². The summed E-state index contributed by atoms with van der Waals surface area (Å²) in [5.74, 6) is 0.740. The summed E-state index contributed by atoms with van der Waals surface area (Å²) >= 11 is 1.63. The van der Waals surface area contributed by atoms with E-state index < -0.39 is 5.97 Å². The van der Waals surface area contributed by atoms with Gasteiger partial charge in [0.1, 0.15) is 0 Å². The minimum atomic E-state index is -0.736. The molecule has 1 N–H and O–H groups in total. The highest BCUT2D eigenvalue weighted by Gasteiger charge is 2.05. The van der Waals surface area contributed by atoms with E-state index in [2.05, 4.69) is 23.4 Å². The number of nitrogens with zero attached hydrogens (tertiary/aromatic N) is 2. The molecule has 0 saturated heterocycles. The third-order valence-electron chi connectivity index (χ3n) is 2.01. The van der Waals surface area contributed by atoms with Crippen LogP contribution >= 0.6 is 11.8 Å². The molecule has 1 aromatic heterocycles. The van der Waals surface area contributed by atoms with Gasteiger partial charge in [0.25, 0.3) is 0 Å². The van der Waals surface area contributed by atoms with Gasteiger partial charge in [0, 0.05) is 29.4 Å². The topological polar surface area (TPSA) is 55.1 Å². The number of aliphatic carboxylic acids is 1. The summed E-state index contributed by atoms with van der Waals surface area (Å²) in [5.41, 5.74) is 1.15. The molecule has 0 bridgehead atoms. The molecule has 4 nitrogen and oxygen atoms in total. The Morgan fingerprint density at radius 1 is 1.67 bits per heavy atom. The summed E-state index contributed by atoms with van der Waals surface area (Å²) in [4.78, 5) is 14.4. The van der Waals surface area contributed by atoms with Crippen LogP contribution in [0.15, 0.2) is 12.5 Å². The normalized spacial score (nSPS) is 10.9. The van der Waals surface area contributed by atoms with Gasteiger partial charge in [0.2, 0.25) is 0 Å². The van der Waals surface area contributed by atoms with E-state index in [1.54, 1.807) is 11.8 Å². The molecule has 1 heterocycles. The Bertz CT molecular complexity index is 323. The smallest absolute Gasteiger partial charge is 0.304 e. The van der Waals surface area contributed by atoms with Crippen molar-refractivity contribution < 1.29 is 9.90 Å². The van der Waals surface area contributed by atoms with Gasteiger partial charge in [0.05, 0.1) is 12.7 Å². The van der Waals surface area contributed by atoms with Gasteiger partial charge >= 0.3 is 5.97 Å². The van der Waals surface area contributed by atoms with Crippen LogP contribution in [0, 0.1) is 0 Å².